The Hall–Kier alpha value is -3.82. The maximum absolute atomic E-state index is 13.5. The van der Waals surface area contributed by atoms with Gasteiger partial charge in [0.25, 0.3) is 11.8 Å². The van der Waals surface area contributed by atoms with Crippen LogP contribution >= 0.6 is 0 Å². The molecule has 10 heteroatoms. The molecule has 3 heterocycles. The van der Waals surface area contributed by atoms with Gasteiger partial charge in [0.1, 0.15) is 5.69 Å². The van der Waals surface area contributed by atoms with Crippen molar-refractivity contribution in [2.75, 3.05) is 23.7 Å². The Morgan fingerprint density at radius 2 is 1.94 bits per heavy atom. The zero-order valence-electron chi connectivity index (χ0n) is 21.4. The van der Waals surface area contributed by atoms with Crippen molar-refractivity contribution in [1.29, 1.82) is 0 Å². The number of anilines is 2. The maximum Gasteiger partial charge on any atom is 0.278 e. The number of aryl methyl sites for hydroxylation is 1. The Kier molecular flexibility index (Phi) is 7.92. The van der Waals surface area contributed by atoms with Gasteiger partial charge in [-0.15, -0.1) is 0 Å². The minimum Gasteiger partial charge on any atom is -0.337 e. The smallest absolute Gasteiger partial charge is 0.278 e. The highest BCUT2D eigenvalue weighted by atomic mass is 16.2. The summed E-state index contributed by atoms with van der Waals surface area (Å²) in [6, 6.07) is 0. The van der Waals surface area contributed by atoms with Gasteiger partial charge in [-0.2, -0.15) is 5.10 Å². The minimum atomic E-state index is -0.453. The number of aromatic nitrogens is 4. The van der Waals surface area contributed by atoms with Crippen LogP contribution in [0.4, 0.5) is 11.5 Å². The van der Waals surface area contributed by atoms with Crippen LogP contribution in [-0.4, -0.2) is 55.8 Å². The van der Waals surface area contributed by atoms with Crippen molar-refractivity contribution in [3.05, 3.63) is 53.0 Å². The molecule has 2 aliphatic rings. The lowest BCUT2D eigenvalue weighted by Gasteiger charge is -2.17. The van der Waals surface area contributed by atoms with Crippen molar-refractivity contribution in [3.63, 3.8) is 0 Å². The van der Waals surface area contributed by atoms with Gasteiger partial charge >= 0.3 is 0 Å². The second-order valence-electron chi connectivity index (χ2n) is 9.21. The molecular formula is C26H34N8O2. The zero-order valence-corrected chi connectivity index (χ0v) is 21.4. The van der Waals surface area contributed by atoms with E-state index in [4.69, 9.17) is 0 Å². The first-order valence-electron chi connectivity index (χ1n) is 12.5. The van der Waals surface area contributed by atoms with Crippen LogP contribution in [0.5, 0.6) is 0 Å². The fourth-order valence-corrected chi connectivity index (χ4v) is 4.03. The van der Waals surface area contributed by atoms with Crippen LogP contribution < -0.4 is 10.6 Å². The van der Waals surface area contributed by atoms with Crippen LogP contribution in [0.1, 0.15) is 85.5 Å². The van der Waals surface area contributed by atoms with Crippen molar-refractivity contribution in [2.45, 2.75) is 58.8 Å². The first-order valence-corrected chi connectivity index (χ1v) is 12.5. The average molecular weight is 491 g/mol. The minimum absolute atomic E-state index is 0.137. The number of hydrogen-bond acceptors (Lipinski definition) is 7. The van der Waals surface area contributed by atoms with Crippen LogP contribution in [0.15, 0.2) is 40.9 Å². The van der Waals surface area contributed by atoms with E-state index in [2.05, 4.69) is 37.6 Å². The highest BCUT2D eigenvalue weighted by molar-refractivity contribution is 6.09. The molecule has 1 aliphatic heterocycles. The molecule has 36 heavy (non-hydrogen) atoms. The molecule has 0 bridgehead atoms. The Balaban J connectivity index is 1.65. The molecule has 0 unspecified atom stereocenters. The number of carbonyl (C=O) groups excluding carboxylic acids is 2. The lowest BCUT2D eigenvalue weighted by Crippen LogP contribution is -2.30. The average Bonchev–Trinajstić information content (AvgIpc) is 3.45. The second-order valence-corrected chi connectivity index (χ2v) is 9.21. The van der Waals surface area contributed by atoms with E-state index >= 15 is 0 Å². The number of allylic oxidation sites excluding steroid dienone is 2. The van der Waals surface area contributed by atoms with Gasteiger partial charge in [-0.25, -0.2) is 9.97 Å². The van der Waals surface area contributed by atoms with Crippen LogP contribution in [0.3, 0.4) is 0 Å². The monoisotopic (exact) mass is 490 g/mol. The number of nitrogens with zero attached hydrogens (tertiary/aromatic N) is 6. The van der Waals surface area contributed by atoms with E-state index in [1.54, 1.807) is 30.6 Å². The molecule has 1 saturated heterocycles. The summed E-state index contributed by atoms with van der Waals surface area (Å²) < 4.78 is 1.50. The molecule has 0 atom stereocenters. The summed E-state index contributed by atoms with van der Waals surface area (Å²) in [6.07, 6.45) is 13.5. The Bertz CT molecular complexity index is 1220. The van der Waals surface area contributed by atoms with E-state index < -0.39 is 5.91 Å². The highest BCUT2D eigenvalue weighted by Gasteiger charge is 2.29. The van der Waals surface area contributed by atoms with E-state index in [9.17, 15) is 9.59 Å². The van der Waals surface area contributed by atoms with Gasteiger partial charge < -0.3 is 15.5 Å². The van der Waals surface area contributed by atoms with Crippen molar-refractivity contribution in [1.82, 2.24) is 24.6 Å². The fraction of sp³-hybridized carbons (Fsp3) is 0.462. The summed E-state index contributed by atoms with van der Waals surface area (Å²) in [6.45, 7) is 7.36. The van der Waals surface area contributed by atoms with Crippen molar-refractivity contribution >= 4 is 29.5 Å². The Morgan fingerprint density at radius 3 is 2.61 bits per heavy atom. The molecule has 0 aromatic carbocycles. The lowest BCUT2D eigenvalue weighted by molar-refractivity contribution is 0.0783. The van der Waals surface area contributed by atoms with Crippen molar-refractivity contribution in [3.8, 4) is 0 Å². The molecule has 4 rings (SSSR count). The van der Waals surface area contributed by atoms with Gasteiger partial charge in [0.05, 0.1) is 29.5 Å². The largest absolute Gasteiger partial charge is 0.337 e. The van der Waals surface area contributed by atoms with Gasteiger partial charge in [-0.1, -0.05) is 12.5 Å². The SMILES string of the molecule is CC=N/C=C(\C=C(/C)CC)Nc1ncc(C2CC2)nc1C(=O)Nc1cnn(C)c1C(=O)N1CCCC1. The molecule has 10 nitrogen and oxygen atoms in total. The van der Waals surface area contributed by atoms with E-state index in [0.717, 1.165) is 43.4 Å². The molecule has 2 aromatic heterocycles. The molecule has 2 amide bonds. The quantitative estimate of drug-likeness (QED) is 0.400. The van der Waals surface area contributed by atoms with E-state index in [1.807, 2.05) is 19.9 Å². The third-order valence-corrected chi connectivity index (χ3v) is 6.37. The number of nitrogens with one attached hydrogen (secondary N) is 2. The number of carbonyl (C=O) groups is 2. The number of aliphatic imine (C=N–C) groups is 1. The van der Waals surface area contributed by atoms with E-state index in [0.29, 0.717) is 41.9 Å². The first kappa shape index (κ1) is 25.3. The lowest BCUT2D eigenvalue weighted by atomic mass is 10.2. The molecule has 0 spiro atoms. The van der Waals surface area contributed by atoms with E-state index in [-0.39, 0.29) is 11.6 Å². The number of amides is 2. The van der Waals surface area contributed by atoms with Gasteiger partial charge in [0, 0.05) is 38.5 Å². The molecule has 2 aromatic rings. The topological polar surface area (TPSA) is 117 Å². The third-order valence-electron chi connectivity index (χ3n) is 6.37. The van der Waals surface area contributed by atoms with Crippen LogP contribution in [0.2, 0.25) is 0 Å². The molecule has 1 aliphatic carbocycles. The zero-order chi connectivity index (χ0) is 25.7. The summed E-state index contributed by atoms with van der Waals surface area (Å²) in [5.41, 5.74) is 3.51. The predicted molar refractivity (Wildman–Crippen MR) is 140 cm³/mol. The summed E-state index contributed by atoms with van der Waals surface area (Å²) >= 11 is 0. The molecule has 2 N–H and O–H groups in total. The van der Waals surface area contributed by atoms with Crippen LogP contribution in [0.25, 0.3) is 0 Å². The van der Waals surface area contributed by atoms with Gasteiger partial charge in [0.15, 0.2) is 11.5 Å². The van der Waals surface area contributed by atoms with Gasteiger partial charge in [-0.3, -0.25) is 19.3 Å². The molecule has 2 fully saturated rings. The predicted octanol–water partition coefficient (Wildman–Crippen LogP) is 4.28. The number of rotatable bonds is 9. The highest BCUT2D eigenvalue weighted by Crippen LogP contribution is 2.39. The normalized spacial score (nSPS) is 16.6. The molecule has 0 radical (unpaired) electrons. The second kappa shape index (κ2) is 11.3. The van der Waals surface area contributed by atoms with Crippen molar-refractivity contribution in [2.24, 2.45) is 12.0 Å². The number of hydrogen-bond donors (Lipinski definition) is 2. The standard InChI is InChI=1S/C26H34N8O2/c1-5-17(3)13-19(14-27-6-2)30-24-22(31-20(15-28-24)18-9-10-18)25(35)32-21-16-29-33(4)23(21)26(36)34-11-7-8-12-34/h6,13-16,18H,5,7-12H2,1-4H3,(H,28,30)(H,32,35)/b17-13+,19-14+,27-6?. The van der Waals surface area contributed by atoms with Crippen LogP contribution in [-0.2, 0) is 7.05 Å². The van der Waals surface area contributed by atoms with Gasteiger partial charge in [0.2, 0.25) is 0 Å². The summed E-state index contributed by atoms with van der Waals surface area (Å²) in [4.78, 5) is 41.9. The first-order chi connectivity index (χ1) is 17.4. The molecular weight excluding hydrogens is 456 g/mol. The van der Waals surface area contributed by atoms with Crippen LogP contribution in [0, 0.1) is 0 Å². The third kappa shape index (κ3) is 5.87. The summed E-state index contributed by atoms with van der Waals surface area (Å²) in [5.74, 6) is 0.0592. The fourth-order valence-electron chi connectivity index (χ4n) is 4.03. The van der Waals surface area contributed by atoms with Gasteiger partial charge in [-0.05, 0) is 52.0 Å². The van der Waals surface area contributed by atoms with E-state index in [1.165, 1.54) is 10.9 Å². The molecule has 1 saturated carbocycles. The Labute approximate surface area is 211 Å². The molecule has 190 valence electrons. The Morgan fingerprint density at radius 1 is 1.19 bits per heavy atom. The van der Waals surface area contributed by atoms with Crippen molar-refractivity contribution < 1.29 is 9.59 Å². The summed E-state index contributed by atoms with van der Waals surface area (Å²) in [5, 5.41) is 10.3. The number of likely N-dealkylation sites (tertiary alicyclic amines) is 1. The summed E-state index contributed by atoms with van der Waals surface area (Å²) in [7, 11) is 1.70. The maximum atomic E-state index is 13.5.